The molecule has 2 heterocycles. The summed E-state index contributed by atoms with van der Waals surface area (Å²) in [7, 11) is 0. The van der Waals surface area contributed by atoms with Crippen LogP contribution in [0, 0.1) is 29.1 Å². The Morgan fingerprint density at radius 1 is 0.857 bits per heavy atom. The van der Waals surface area contributed by atoms with Crippen LogP contribution in [0.15, 0.2) is 30.3 Å². The average molecular weight is 498 g/mol. The molecule has 2 amide bonds. The van der Waals surface area contributed by atoms with Gasteiger partial charge in [0.2, 0.25) is 5.82 Å². The number of benzene rings is 2. The number of hydrogen-bond acceptors (Lipinski definition) is 3. The molecule has 2 fully saturated rings. The molecule has 2 aromatic carbocycles. The highest BCUT2D eigenvalue weighted by Crippen LogP contribution is 2.40. The average Bonchev–Trinajstić information content (AvgIpc) is 3.12. The molecule has 1 atom stereocenters. The van der Waals surface area contributed by atoms with Crippen molar-refractivity contribution in [3.05, 3.63) is 59.4 Å². The first-order valence-electron chi connectivity index (χ1n) is 11.5. The largest absolute Gasteiger partial charge is 0.329 e. The van der Waals surface area contributed by atoms with E-state index in [2.05, 4.69) is 0 Å². The van der Waals surface area contributed by atoms with Crippen molar-refractivity contribution >= 4 is 17.4 Å². The molecular weight excluding hydrogens is 469 g/mol. The van der Waals surface area contributed by atoms with E-state index < -0.39 is 46.8 Å². The normalized spacial score (nSPS) is 22.2. The van der Waals surface area contributed by atoms with Gasteiger partial charge in [-0.05, 0) is 59.1 Å². The first-order chi connectivity index (χ1) is 16.4. The third-order valence-corrected chi connectivity index (χ3v) is 6.76. The zero-order valence-electron chi connectivity index (χ0n) is 20.0. The fourth-order valence-corrected chi connectivity index (χ4v) is 5.18. The second-order valence-corrected chi connectivity index (χ2v) is 10.2. The zero-order chi connectivity index (χ0) is 25.7. The smallest absolute Gasteiger partial charge is 0.296 e. The third kappa shape index (κ3) is 4.38. The van der Waals surface area contributed by atoms with Gasteiger partial charge >= 0.3 is 6.03 Å². The molecule has 0 bridgehead atoms. The summed E-state index contributed by atoms with van der Waals surface area (Å²) in [6.07, 6.45) is 2.68. The lowest BCUT2D eigenvalue weighted by Crippen LogP contribution is -2.59. The number of rotatable bonds is 5. The van der Waals surface area contributed by atoms with Crippen LogP contribution in [-0.2, 0) is 4.84 Å². The van der Waals surface area contributed by atoms with E-state index in [1.54, 1.807) is 30.3 Å². The molecule has 2 aliphatic heterocycles. The molecule has 0 N–H and O–H groups in total. The van der Waals surface area contributed by atoms with Gasteiger partial charge in [-0.3, -0.25) is 14.6 Å². The maximum absolute atomic E-state index is 14.8. The van der Waals surface area contributed by atoms with E-state index in [-0.39, 0.29) is 24.2 Å². The summed E-state index contributed by atoms with van der Waals surface area (Å²) in [5.41, 5.74) is -1.58. The van der Waals surface area contributed by atoms with Crippen LogP contribution in [0.4, 0.5) is 38.1 Å². The molecule has 0 spiro atoms. The topological polar surface area (TPSA) is 36.0 Å². The van der Waals surface area contributed by atoms with E-state index in [1.807, 2.05) is 32.8 Å². The maximum Gasteiger partial charge on any atom is 0.329 e. The van der Waals surface area contributed by atoms with Gasteiger partial charge in [0.25, 0.3) is 0 Å². The predicted octanol–water partition coefficient (Wildman–Crippen LogP) is 6.17. The number of piperidine rings is 1. The van der Waals surface area contributed by atoms with E-state index in [0.717, 1.165) is 19.3 Å². The number of hydrogen-bond donors (Lipinski definition) is 0. The summed E-state index contributed by atoms with van der Waals surface area (Å²) in [5.74, 6) is -10.6. The summed E-state index contributed by atoms with van der Waals surface area (Å²) in [4.78, 5) is 21.4. The molecule has 1 unspecified atom stereocenters. The second kappa shape index (κ2) is 9.05. The van der Waals surface area contributed by atoms with E-state index in [0.29, 0.717) is 10.6 Å². The Labute approximate surface area is 201 Å². The third-order valence-electron chi connectivity index (χ3n) is 6.76. The summed E-state index contributed by atoms with van der Waals surface area (Å²) >= 11 is 0. The molecule has 10 heteroatoms. The first kappa shape index (κ1) is 25.4. The van der Waals surface area contributed by atoms with Crippen LogP contribution in [0.3, 0.4) is 0 Å². The van der Waals surface area contributed by atoms with Crippen molar-refractivity contribution in [2.75, 3.05) is 23.0 Å². The highest BCUT2D eigenvalue weighted by molar-refractivity contribution is 6.07. The number of carbonyl (C=O) groups is 1. The van der Waals surface area contributed by atoms with Gasteiger partial charge in [-0.1, -0.05) is 18.2 Å². The second-order valence-electron chi connectivity index (χ2n) is 10.2. The Morgan fingerprint density at radius 2 is 1.37 bits per heavy atom. The molecule has 4 rings (SSSR count). The molecule has 0 radical (unpaired) electrons. The van der Waals surface area contributed by atoms with E-state index in [4.69, 9.17) is 4.84 Å². The van der Waals surface area contributed by atoms with Crippen LogP contribution in [-0.4, -0.2) is 41.4 Å². The molecule has 190 valence electrons. The van der Waals surface area contributed by atoms with E-state index >= 15 is 0 Å². The first-order valence-corrected chi connectivity index (χ1v) is 11.5. The lowest BCUT2D eigenvalue weighted by molar-refractivity contribution is -0.281. The minimum Gasteiger partial charge on any atom is -0.296 e. The van der Waals surface area contributed by atoms with E-state index in [9.17, 15) is 26.7 Å². The van der Waals surface area contributed by atoms with Gasteiger partial charge in [0.05, 0.1) is 19.2 Å². The van der Waals surface area contributed by atoms with Crippen molar-refractivity contribution in [1.29, 1.82) is 0 Å². The molecule has 0 aromatic heterocycles. The van der Waals surface area contributed by atoms with Crippen molar-refractivity contribution in [2.45, 2.75) is 64.1 Å². The van der Waals surface area contributed by atoms with Gasteiger partial charge in [0.1, 0.15) is 5.69 Å². The fourth-order valence-electron chi connectivity index (χ4n) is 5.18. The molecule has 2 aromatic rings. The fraction of sp³-hybridized carbons (Fsp3) is 0.480. The van der Waals surface area contributed by atoms with Gasteiger partial charge in [0.15, 0.2) is 23.3 Å². The van der Waals surface area contributed by atoms with Crippen LogP contribution >= 0.6 is 0 Å². The van der Waals surface area contributed by atoms with Crippen LogP contribution in [0.1, 0.15) is 47.0 Å². The highest BCUT2D eigenvalue weighted by atomic mass is 19.2. The quantitative estimate of drug-likeness (QED) is 0.282. The van der Waals surface area contributed by atoms with Gasteiger partial charge in [-0.25, -0.2) is 26.7 Å². The molecule has 2 saturated heterocycles. The molecule has 35 heavy (non-hydrogen) atoms. The zero-order valence-corrected chi connectivity index (χ0v) is 20.0. The lowest BCUT2D eigenvalue weighted by atomic mass is 9.82. The number of anilines is 2. The Morgan fingerprint density at radius 3 is 1.91 bits per heavy atom. The molecular formula is C25H28F5N3O2. The Kier molecular flexibility index (Phi) is 6.56. The minimum atomic E-state index is -2.28. The SMILES string of the molecule is CC1(C)CCCC(C)(C)N1OCC1CN(c2ccccc2)C(=O)N1c1c(F)c(F)c(F)c(F)c1F. The van der Waals surface area contributed by atoms with E-state index in [1.165, 1.54) is 4.90 Å². The number of amides is 2. The Balaban J connectivity index is 1.74. The lowest BCUT2D eigenvalue weighted by Gasteiger charge is -2.51. The van der Waals surface area contributed by atoms with Crippen molar-refractivity contribution in [1.82, 2.24) is 5.06 Å². The van der Waals surface area contributed by atoms with Crippen molar-refractivity contribution in [2.24, 2.45) is 0 Å². The summed E-state index contributed by atoms with van der Waals surface area (Å²) in [5, 5.41) is 1.82. The number of nitrogens with zero attached hydrogens (tertiary/aromatic N) is 3. The van der Waals surface area contributed by atoms with Gasteiger partial charge < -0.3 is 0 Å². The Bertz CT molecular complexity index is 1080. The molecule has 0 aliphatic carbocycles. The van der Waals surface area contributed by atoms with Crippen LogP contribution in [0.2, 0.25) is 0 Å². The summed E-state index contributed by atoms with van der Waals surface area (Å²) < 4.78 is 71.4. The van der Waals surface area contributed by atoms with Gasteiger partial charge in [-0.15, -0.1) is 0 Å². The van der Waals surface area contributed by atoms with Gasteiger partial charge in [0, 0.05) is 16.8 Å². The van der Waals surface area contributed by atoms with Crippen LogP contribution < -0.4 is 9.80 Å². The van der Waals surface area contributed by atoms with Crippen LogP contribution in [0.5, 0.6) is 0 Å². The number of urea groups is 1. The van der Waals surface area contributed by atoms with Crippen molar-refractivity contribution in [3.8, 4) is 0 Å². The molecule has 2 aliphatic rings. The van der Waals surface area contributed by atoms with Crippen molar-refractivity contribution < 1.29 is 31.6 Å². The monoisotopic (exact) mass is 497 g/mol. The van der Waals surface area contributed by atoms with Crippen molar-refractivity contribution in [3.63, 3.8) is 0 Å². The summed E-state index contributed by atoms with van der Waals surface area (Å²) in [6, 6.07) is 6.38. The predicted molar refractivity (Wildman–Crippen MR) is 121 cm³/mol. The molecule has 0 saturated carbocycles. The number of carbonyl (C=O) groups excluding carboxylic acids is 1. The number of hydroxylamine groups is 2. The maximum atomic E-state index is 14.8. The van der Waals surface area contributed by atoms with Gasteiger partial charge in [-0.2, -0.15) is 5.06 Å². The highest BCUT2D eigenvalue weighted by Gasteiger charge is 2.47. The number of para-hydroxylation sites is 1. The van der Waals surface area contributed by atoms with Crippen LogP contribution in [0.25, 0.3) is 0 Å². The minimum absolute atomic E-state index is 0.0724. The number of halogens is 5. The summed E-state index contributed by atoms with van der Waals surface area (Å²) in [6.45, 7) is 7.74. The Hall–Kier alpha value is -2.72. The standard InChI is InChI=1S/C25H28F5N3O2/c1-24(2)11-8-12-25(3,4)33(24)35-14-16-13-31(15-9-6-5-7-10-15)23(34)32(16)22-20(29)18(27)17(26)19(28)21(22)30/h5-7,9-10,16H,8,11-14H2,1-4H3. The molecule has 5 nitrogen and oxygen atoms in total.